The molecule has 0 unspecified atom stereocenters. The fourth-order valence-corrected chi connectivity index (χ4v) is 4.17. The van der Waals surface area contributed by atoms with E-state index in [4.69, 9.17) is 22.1 Å². The molecule has 0 aliphatic rings. The first-order valence-electron chi connectivity index (χ1n) is 9.72. The SMILES string of the molecule is CN(C(=O)[C@@](C)(N)CO)c1ccc(Sc2cccc(OCc3ccccc3)c2)cc1Cl. The molecule has 3 aromatic rings. The highest BCUT2D eigenvalue weighted by Crippen LogP contribution is 2.35. The number of ether oxygens (including phenoxy) is 1. The summed E-state index contributed by atoms with van der Waals surface area (Å²) in [6.45, 7) is 1.53. The normalized spacial score (nSPS) is 12.8. The predicted molar refractivity (Wildman–Crippen MR) is 126 cm³/mol. The van der Waals surface area contributed by atoms with Gasteiger partial charge in [-0.25, -0.2) is 0 Å². The highest BCUT2D eigenvalue weighted by Gasteiger charge is 2.31. The van der Waals surface area contributed by atoms with E-state index in [1.54, 1.807) is 30.9 Å². The summed E-state index contributed by atoms with van der Waals surface area (Å²) in [5.74, 6) is 0.369. The Balaban J connectivity index is 1.69. The van der Waals surface area contributed by atoms with E-state index in [-0.39, 0.29) is 0 Å². The van der Waals surface area contributed by atoms with Gasteiger partial charge < -0.3 is 20.5 Å². The van der Waals surface area contributed by atoms with Gasteiger partial charge >= 0.3 is 0 Å². The minimum atomic E-state index is -1.37. The monoisotopic (exact) mass is 456 g/mol. The molecular formula is C24H25ClN2O3S. The second-order valence-electron chi connectivity index (χ2n) is 7.40. The van der Waals surface area contributed by atoms with Crippen LogP contribution in [0.4, 0.5) is 5.69 Å². The van der Waals surface area contributed by atoms with Crippen molar-refractivity contribution < 1.29 is 14.6 Å². The van der Waals surface area contributed by atoms with Crippen molar-refractivity contribution in [2.45, 2.75) is 28.9 Å². The molecule has 0 saturated heterocycles. The van der Waals surface area contributed by atoms with Crippen LogP contribution in [0.25, 0.3) is 0 Å². The Morgan fingerprint density at radius 3 is 2.48 bits per heavy atom. The molecule has 162 valence electrons. The molecule has 0 aromatic heterocycles. The standard InChI is InChI=1S/C24H25ClN2O3S/c1-24(26,16-28)23(29)27(2)22-12-11-20(14-21(22)25)31-19-10-6-9-18(13-19)30-15-17-7-4-3-5-8-17/h3-14,28H,15-16,26H2,1-2H3/t24-/m0/s1. The number of nitrogens with zero attached hydrogens (tertiary/aromatic N) is 1. The molecule has 31 heavy (non-hydrogen) atoms. The summed E-state index contributed by atoms with van der Waals surface area (Å²) in [5, 5.41) is 9.77. The first-order chi connectivity index (χ1) is 14.8. The number of likely N-dealkylation sites (N-methyl/N-ethyl adjacent to an activating group) is 1. The van der Waals surface area contributed by atoms with Crippen molar-refractivity contribution in [2.24, 2.45) is 5.73 Å². The van der Waals surface area contributed by atoms with Crippen molar-refractivity contribution in [2.75, 3.05) is 18.6 Å². The summed E-state index contributed by atoms with van der Waals surface area (Å²) in [7, 11) is 1.59. The van der Waals surface area contributed by atoms with Crippen molar-refractivity contribution in [1.29, 1.82) is 0 Å². The maximum absolute atomic E-state index is 12.5. The van der Waals surface area contributed by atoms with E-state index in [1.165, 1.54) is 11.8 Å². The van der Waals surface area contributed by atoms with E-state index in [0.717, 1.165) is 21.1 Å². The molecule has 3 N–H and O–H groups in total. The molecule has 0 radical (unpaired) electrons. The van der Waals surface area contributed by atoms with Crippen LogP contribution in [0, 0.1) is 0 Å². The van der Waals surface area contributed by atoms with Crippen LogP contribution in [0.3, 0.4) is 0 Å². The molecule has 3 aromatic carbocycles. The van der Waals surface area contributed by atoms with Crippen molar-refractivity contribution >= 4 is 35.0 Å². The summed E-state index contributed by atoms with van der Waals surface area (Å²) in [6.07, 6.45) is 0. The Bertz CT molecular complexity index is 1040. The fourth-order valence-electron chi connectivity index (χ4n) is 2.89. The molecular weight excluding hydrogens is 432 g/mol. The molecule has 0 aliphatic carbocycles. The van der Waals surface area contributed by atoms with E-state index >= 15 is 0 Å². The molecule has 0 fully saturated rings. The Labute approximate surface area is 191 Å². The van der Waals surface area contributed by atoms with Crippen molar-refractivity contribution in [1.82, 2.24) is 0 Å². The zero-order valence-electron chi connectivity index (χ0n) is 17.4. The summed E-state index contributed by atoms with van der Waals surface area (Å²) < 4.78 is 5.90. The van der Waals surface area contributed by atoms with Gasteiger partial charge in [0.1, 0.15) is 17.9 Å². The zero-order valence-corrected chi connectivity index (χ0v) is 19.0. The molecule has 3 rings (SSSR count). The molecule has 5 nitrogen and oxygen atoms in total. The highest BCUT2D eigenvalue weighted by molar-refractivity contribution is 7.99. The predicted octanol–water partition coefficient (Wildman–Crippen LogP) is 4.74. The van der Waals surface area contributed by atoms with Gasteiger partial charge in [0.25, 0.3) is 0 Å². The van der Waals surface area contributed by atoms with Crippen molar-refractivity contribution in [3.05, 3.63) is 83.4 Å². The van der Waals surface area contributed by atoms with E-state index < -0.39 is 18.1 Å². The Hall–Kier alpha value is -2.51. The van der Waals surface area contributed by atoms with Gasteiger partial charge in [-0.05, 0) is 48.9 Å². The first-order valence-corrected chi connectivity index (χ1v) is 10.9. The summed E-state index contributed by atoms with van der Waals surface area (Å²) in [4.78, 5) is 15.8. The van der Waals surface area contributed by atoms with Crippen molar-refractivity contribution in [3.63, 3.8) is 0 Å². The average molecular weight is 457 g/mol. The topological polar surface area (TPSA) is 75.8 Å². The van der Waals surface area contributed by atoms with Gasteiger partial charge in [-0.15, -0.1) is 0 Å². The largest absolute Gasteiger partial charge is 0.489 e. The number of rotatable bonds is 8. The zero-order chi connectivity index (χ0) is 22.4. The van der Waals surface area contributed by atoms with Crippen molar-refractivity contribution in [3.8, 4) is 5.75 Å². The van der Waals surface area contributed by atoms with Crippen LogP contribution in [0.1, 0.15) is 12.5 Å². The van der Waals surface area contributed by atoms with Crippen LogP contribution in [-0.4, -0.2) is 30.2 Å². The lowest BCUT2D eigenvalue weighted by Crippen LogP contribution is -2.55. The van der Waals surface area contributed by atoms with Gasteiger partial charge in [-0.3, -0.25) is 4.79 Å². The van der Waals surface area contributed by atoms with E-state index in [0.29, 0.717) is 17.3 Å². The fraction of sp³-hybridized carbons (Fsp3) is 0.208. The minimum absolute atomic E-state index is 0.416. The second-order valence-corrected chi connectivity index (χ2v) is 8.96. The smallest absolute Gasteiger partial charge is 0.248 e. The van der Waals surface area contributed by atoms with E-state index in [2.05, 4.69) is 0 Å². The number of nitrogens with two attached hydrogens (primary N) is 1. The van der Waals surface area contributed by atoms with Crippen LogP contribution >= 0.6 is 23.4 Å². The maximum Gasteiger partial charge on any atom is 0.248 e. The van der Waals surface area contributed by atoms with Gasteiger partial charge in [-0.2, -0.15) is 0 Å². The average Bonchev–Trinajstić information content (AvgIpc) is 2.78. The number of carbonyl (C=O) groups is 1. The number of carbonyl (C=O) groups excluding carboxylic acids is 1. The third-order valence-electron chi connectivity index (χ3n) is 4.69. The Kier molecular flexibility index (Phi) is 7.62. The van der Waals surface area contributed by atoms with Gasteiger partial charge in [0, 0.05) is 16.8 Å². The summed E-state index contributed by atoms with van der Waals surface area (Å²) >= 11 is 7.99. The minimum Gasteiger partial charge on any atom is -0.489 e. The molecule has 0 spiro atoms. The highest BCUT2D eigenvalue weighted by atomic mass is 35.5. The quantitative estimate of drug-likeness (QED) is 0.512. The van der Waals surface area contributed by atoms with Crippen LogP contribution in [-0.2, 0) is 11.4 Å². The summed E-state index contributed by atoms with van der Waals surface area (Å²) in [6, 6.07) is 23.3. The van der Waals surface area contributed by atoms with Gasteiger partial charge in [0.2, 0.25) is 5.91 Å². The van der Waals surface area contributed by atoms with Gasteiger partial charge in [0.15, 0.2) is 0 Å². The molecule has 0 heterocycles. The molecule has 1 amide bonds. The van der Waals surface area contributed by atoms with Crippen LogP contribution in [0.15, 0.2) is 82.6 Å². The van der Waals surface area contributed by atoms with Gasteiger partial charge in [-0.1, -0.05) is 59.8 Å². The van der Waals surface area contributed by atoms with Gasteiger partial charge in [0.05, 0.1) is 17.3 Å². The summed E-state index contributed by atoms with van der Waals surface area (Å²) in [5.41, 5.74) is 6.12. The Morgan fingerprint density at radius 1 is 1.10 bits per heavy atom. The maximum atomic E-state index is 12.5. The number of aliphatic hydroxyl groups excluding tert-OH is 1. The number of anilines is 1. The van der Waals surface area contributed by atoms with E-state index in [1.807, 2.05) is 60.7 Å². The third kappa shape index (κ3) is 6.02. The molecule has 0 aliphatic heterocycles. The number of amides is 1. The molecule has 1 atom stereocenters. The number of hydrogen-bond donors (Lipinski definition) is 2. The molecule has 0 bridgehead atoms. The first kappa shape index (κ1) is 23.2. The lowest BCUT2D eigenvalue weighted by molar-refractivity contribution is -0.124. The number of hydrogen-bond acceptors (Lipinski definition) is 5. The number of aliphatic hydroxyl groups is 1. The lowest BCUT2D eigenvalue weighted by atomic mass is 10.0. The van der Waals surface area contributed by atoms with Crippen LogP contribution in [0.5, 0.6) is 5.75 Å². The van der Waals surface area contributed by atoms with Crippen LogP contribution in [0.2, 0.25) is 5.02 Å². The molecule has 7 heteroatoms. The Morgan fingerprint density at radius 2 is 1.81 bits per heavy atom. The van der Waals surface area contributed by atoms with Crippen LogP contribution < -0.4 is 15.4 Å². The number of halogens is 1. The molecule has 0 saturated carbocycles. The van der Waals surface area contributed by atoms with E-state index in [9.17, 15) is 9.90 Å². The second kappa shape index (κ2) is 10.2. The third-order valence-corrected chi connectivity index (χ3v) is 5.97. The lowest BCUT2D eigenvalue weighted by Gasteiger charge is -2.28. The number of benzene rings is 3.